The van der Waals surface area contributed by atoms with Gasteiger partial charge in [-0.2, -0.15) is 5.10 Å². The highest BCUT2D eigenvalue weighted by Crippen LogP contribution is 2.08. The van der Waals surface area contributed by atoms with Crippen LogP contribution in [0.15, 0.2) is 18.9 Å². The van der Waals surface area contributed by atoms with Crippen molar-refractivity contribution < 1.29 is 4.74 Å². The first-order chi connectivity index (χ1) is 8.29. The smallest absolute Gasteiger partial charge is 0.0587 e. The predicted octanol–water partition coefficient (Wildman–Crippen LogP) is 1.89. The van der Waals surface area contributed by atoms with E-state index in [0.717, 1.165) is 39.1 Å². The fraction of sp³-hybridized carbons (Fsp3) is 0.615. The fourth-order valence-electron chi connectivity index (χ4n) is 1.67. The Morgan fingerprint density at radius 1 is 1.59 bits per heavy atom. The molecule has 0 aromatic carbocycles. The van der Waals surface area contributed by atoms with Gasteiger partial charge in [0.1, 0.15) is 0 Å². The van der Waals surface area contributed by atoms with Gasteiger partial charge in [-0.3, -0.25) is 4.68 Å². The fourth-order valence-corrected chi connectivity index (χ4v) is 1.67. The van der Waals surface area contributed by atoms with Crippen molar-refractivity contribution in [2.24, 2.45) is 0 Å². The summed E-state index contributed by atoms with van der Waals surface area (Å²) in [6.45, 7) is 9.29. The molecule has 0 radical (unpaired) electrons. The summed E-state index contributed by atoms with van der Waals surface area (Å²) >= 11 is 0. The molecule has 4 heteroatoms. The third kappa shape index (κ3) is 4.71. The van der Waals surface area contributed by atoms with Crippen molar-refractivity contribution in [1.82, 2.24) is 15.1 Å². The van der Waals surface area contributed by atoms with Gasteiger partial charge in [0.25, 0.3) is 0 Å². The molecule has 1 aromatic rings. The molecule has 0 unspecified atom stereocenters. The first kappa shape index (κ1) is 13.9. The Balaban J connectivity index is 2.37. The van der Waals surface area contributed by atoms with E-state index >= 15 is 0 Å². The SMILES string of the molecule is C=CCCCn1ncc(CNCCOC)c1C. The van der Waals surface area contributed by atoms with Crippen molar-refractivity contribution in [2.75, 3.05) is 20.3 Å². The number of aryl methyl sites for hydroxylation is 1. The van der Waals surface area contributed by atoms with Gasteiger partial charge in [0, 0.05) is 38.0 Å². The molecule has 0 saturated carbocycles. The monoisotopic (exact) mass is 237 g/mol. The number of methoxy groups -OCH3 is 1. The number of allylic oxidation sites excluding steroid dienone is 1. The first-order valence-corrected chi connectivity index (χ1v) is 6.11. The minimum atomic E-state index is 0.743. The van der Waals surface area contributed by atoms with E-state index in [2.05, 4.69) is 28.6 Å². The van der Waals surface area contributed by atoms with E-state index in [4.69, 9.17) is 4.74 Å². The van der Waals surface area contributed by atoms with E-state index in [9.17, 15) is 0 Å². The average molecular weight is 237 g/mol. The van der Waals surface area contributed by atoms with Gasteiger partial charge >= 0.3 is 0 Å². The Hall–Kier alpha value is -1.13. The lowest BCUT2D eigenvalue weighted by molar-refractivity contribution is 0.199. The summed E-state index contributed by atoms with van der Waals surface area (Å²) in [7, 11) is 1.71. The number of hydrogen-bond acceptors (Lipinski definition) is 3. The summed E-state index contributed by atoms with van der Waals surface area (Å²) < 4.78 is 7.05. The van der Waals surface area contributed by atoms with E-state index in [-0.39, 0.29) is 0 Å². The average Bonchev–Trinajstić information content (AvgIpc) is 2.67. The number of rotatable bonds is 9. The van der Waals surface area contributed by atoms with Crippen LogP contribution in [0.1, 0.15) is 24.1 Å². The highest BCUT2D eigenvalue weighted by atomic mass is 16.5. The Bertz CT molecular complexity index is 333. The summed E-state index contributed by atoms with van der Waals surface area (Å²) in [5.74, 6) is 0. The van der Waals surface area contributed by atoms with Crippen molar-refractivity contribution >= 4 is 0 Å². The van der Waals surface area contributed by atoms with Gasteiger partial charge in [-0.25, -0.2) is 0 Å². The molecule has 17 heavy (non-hydrogen) atoms. The maximum Gasteiger partial charge on any atom is 0.0587 e. The maximum absolute atomic E-state index is 4.99. The minimum Gasteiger partial charge on any atom is -0.383 e. The number of nitrogens with one attached hydrogen (secondary N) is 1. The quantitative estimate of drug-likeness (QED) is 0.526. The zero-order valence-corrected chi connectivity index (χ0v) is 10.9. The van der Waals surface area contributed by atoms with Crippen LogP contribution in [0.5, 0.6) is 0 Å². The van der Waals surface area contributed by atoms with Crippen LogP contribution < -0.4 is 5.32 Å². The highest BCUT2D eigenvalue weighted by molar-refractivity contribution is 5.15. The van der Waals surface area contributed by atoms with Crippen molar-refractivity contribution in [3.05, 3.63) is 30.1 Å². The largest absolute Gasteiger partial charge is 0.383 e. The number of ether oxygens (including phenoxy) is 1. The second-order valence-corrected chi connectivity index (χ2v) is 4.08. The van der Waals surface area contributed by atoms with Gasteiger partial charge < -0.3 is 10.1 Å². The van der Waals surface area contributed by atoms with Gasteiger partial charge in [0.05, 0.1) is 12.8 Å². The zero-order valence-electron chi connectivity index (χ0n) is 10.9. The molecule has 0 amide bonds. The molecule has 0 spiro atoms. The lowest BCUT2D eigenvalue weighted by Crippen LogP contribution is -2.18. The number of unbranched alkanes of at least 4 members (excludes halogenated alkanes) is 1. The maximum atomic E-state index is 4.99. The van der Waals surface area contributed by atoms with E-state index in [1.165, 1.54) is 11.3 Å². The Kier molecular flexibility index (Phi) is 6.58. The molecule has 0 fully saturated rings. The molecule has 0 aliphatic carbocycles. The van der Waals surface area contributed by atoms with E-state index in [1.54, 1.807) is 7.11 Å². The predicted molar refractivity (Wildman–Crippen MR) is 70.0 cm³/mol. The molecule has 0 aliphatic heterocycles. The summed E-state index contributed by atoms with van der Waals surface area (Å²) in [6.07, 6.45) is 6.04. The standard InChI is InChI=1S/C13H23N3O/c1-4-5-6-8-16-12(2)13(11-15-16)10-14-7-9-17-3/h4,11,14H,1,5-10H2,2-3H3. The summed E-state index contributed by atoms with van der Waals surface area (Å²) in [6, 6.07) is 0. The normalized spacial score (nSPS) is 10.7. The van der Waals surface area contributed by atoms with Crippen molar-refractivity contribution in [3.63, 3.8) is 0 Å². The van der Waals surface area contributed by atoms with Gasteiger partial charge in [-0.1, -0.05) is 6.08 Å². The molecule has 1 aromatic heterocycles. The molecule has 0 bridgehead atoms. The van der Waals surface area contributed by atoms with E-state index in [1.807, 2.05) is 12.3 Å². The van der Waals surface area contributed by atoms with Crippen LogP contribution >= 0.6 is 0 Å². The molecular weight excluding hydrogens is 214 g/mol. The second-order valence-electron chi connectivity index (χ2n) is 4.08. The van der Waals surface area contributed by atoms with Gasteiger partial charge in [0.15, 0.2) is 0 Å². The lowest BCUT2D eigenvalue weighted by Gasteiger charge is -2.05. The van der Waals surface area contributed by atoms with Crippen molar-refractivity contribution in [3.8, 4) is 0 Å². The first-order valence-electron chi connectivity index (χ1n) is 6.11. The molecule has 0 atom stereocenters. The zero-order chi connectivity index (χ0) is 12.5. The Morgan fingerprint density at radius 3 is 3.12 bits per heavy atom. The molecule has 1 heterocycles. The summed E-state index contributed by atoms with van der Waals surface area (Å²) in [5.41, 5.74) is 2.51. The van der Waals surface area contributed by atoms with Crippen LogP contribution in [0.25, 0.3) is 0 Å². The van der Waals surface area contributed by atoms with E-state index < -0.39 is 0 Å². The molecule has 0 aliphatic rings. The topological polar surface area (TPSA) is 39.1 Å². The highest BCUT2D eigenvalue weighted by Gasteiger charge is 2.05. The van der Waals surface area contributed by atoms with Gasteiger partial charge in [-0.05, 0) is 19.8 Å². The van der Waals surface area contributed by atoms with Crippen molar-refractivity contribution in [1.29, 1.82) is 0 Å². The summed E-state index contributed by atoms with van der Waals surface area (Å²) in [4.78, 5) is 0. The van der Waals surface area contributed by atoms with Gasteiger partial charge in [0.2, 0.25) is 0 Å². The van der Waals surface area contributed by atoms with Crippen LogP contribution in [0, 0.1) is 6.92 Å². The van der Waals surface area contributed by atoms with Crippen molar-refractivity contribution in [2.45, 2.75) is 32.9 Å². The molecular formula is C13H23N3O. The Morgan fingerprint density at radius 2 is 2.41 bits per heavy atom. The Labute approximate surface area is 104 Å². The van der Waals surface area contributed by atoms with Crippen LogP contribution in [0.2, 0.25) is 0 Å². The van der Waals surface area contributed by atoms with E-state index in [0.29, 0.717) is 0 Å². The summed E-state index contributed by atoms with van der Waals surface area (Å²) in [5, 5.41) is 7.73. The van der Waals surface area contributed by atoms with Crippen LogP contribution in [0.4, 0.5) is 0 Å². The molecule has 1 N–H and O–H groups in total. The third-order valence-corrected chi connectivity index (χ3v) is 2.78. The minimum absolute atomic E-state index is 0.743. The van der Waals surface area contributed by atoms with Crippen LogP contribution in [-0.2, 0) is 17.8 Å². The van der Waals surface area contributed by atoms with Crippen LogP contribution in [0.3, 0.4) is 0 Å². The molecule has 96 valence electrons. The molecule has 4 nitrogen and oxygen atoms in total. The lowest BCUT2D eigenvalue weighted by atomic mass is 10.2. The molecule has 0 saturated heterocycles. The number of aromatic nitrogens is 2. The number of nitrogens with zero attached hydrogens (tertiary/aromatic N) is 2. The number of hydrogen-bond donors (Lipinski definition) is 1. The molecule has 1 rings (SSSR count). The second kappa shape index (κ2) is 8.03. The van der Waals surface area contributed by atoms with Gasteiger partial charge in [-0.15, -0.1) is 6.58 Å². The third-order valence-electron chi connectivity index (χ3n) is 2.78. The van der Waals surface area contributed by atoms with Crippen LogP contribution in [-0.4, -0.2) is 30.0 Å².